The summed E-state index contributed by atoms with van der Waals surface area (Å²) in [6.45, 7) is 29.8. The Morgan fingerprint density at radius 3 is 1.04 bits per heavy atom. The molecule has 0 saturated heterocycles. The van der Waals surface area contributed by atoms with Crippen molar-refractivity contribution >= 4 is 23.8 Å². The zero-order valence-electron chi connectivity index (χ0n) is 21.1. The van der Waals surface area contributed by atoms with Gasteiger partial charge in [0.1, 0.15) is 0 Å². The van der Waals surface area contributed by atoms with E-state index < -0.39 is 16.6 Å². The van der Waals surface area contributed by atoms with E-state index in [4.69, 9.17) is 8.69 Å². The average Bonchev–Trinajstić information content (AvgIpc) is 2.54. The number of nitriles is 1. The molecule has 164 valence electrons. The van der Waals surface area contributed by atoms with Crippen LogP contribution in [0.2, 0.25) is 39.6 Å². The Morgan fingerprint density at radius 1 is 0.607 bits per heavy atom. The Kier molecular flexibility index (Phi) is 11.3. The molecule has 0 aliphatic heterocycles. The molecule has 0 aliphatic carbocycles. The summed E-state index contributed by atoms with van der Waals surface area (Å²) < 4.78 is 14.2. The topological polar surface area (TPSA) is 42.2 Å². The summed E-state index contributed by atoms with van der Waals surface area (Å²) in [6.07, 6.45) is 0.665. The van der Waals surface area contributed by atoms with Gasteiger partial charge in [0.25, 0.3) is 0 Å². The fraction of sp³-hybridized carbons (Fsp3) is 0.955. The molecule has 0 saturated carbocycles. The minimum absolute atomic E-state index is 0.0682. The third kappa shape index (κ3) is 5.97. The van der Waals surface area contributed by atoms with Crippen LogP contribution in [0.1, 0.15) is 90.0 Å². The maximum absolute atomic E-state index is 9.50. The Labute approximate surface area is 179 Å². The van der Waals surface area contributed by atoms with Crippen LogP contribution in [0.3, 0.4) is 0 Å². The van der Waals surface area contributed by atoms with E-state index in [1.807, 2.05) is 6.92 Å². The van der Waals surface area contributed by atoms with Gasteiger partial charge >= 0.3 is 7.12 Å². The highest BCUT2D eigenvalue weighted by molar-refractivity contribution is 6.87. The van der Waals surface area contributed by atoms with Gasteiger partial charge in [0, 0.05) is 5.92 Å². The van der Waals surface area contributed by atoms with E-state index in [-0.39, 0.29) is 13.0 Å². The first-order valence-corrected chi connectivity index (χ1v) is 15.7. The lowest BCUT2D eigenvalue weighted by atomic mass is 9.80. The van der Waals surface area contributed by atoms with Crippen molar-refractivity contribution in [1.82, 2.24) is 0 Å². The smallest absolute Gasteiger partial charge is 0.436 e. The van der Waals surface area contributed by atoms with Crippen molar-refractivity contribution in [2.45, 2.75) is 130 Å². The van der Waals surface area contributed by atoms with Crippen LogP contribution in [-0.4, -0.2) is 23.8 Å². The predicted octanol–water partition coefficient (Wildman–Crippen LogP) is 8.02. The highest BCUT2D eigenvalue weighted by Crippen LogP contribution is 2.46. The van der Waals surface area contributed by atoms with Crippen LogP contribution in [0, 0.1) is 17.2 Å². The molecule has 1 unspecified atom stereocenters. The predicted molar refractivity (Wildman–Crippen MR) is 130 cm³/mol. The molecule has 0 N–H and O–H groups in total. The van der Waals surface area contributed by atoms with Gasteiger partial charge in [0.2, 0.25) is 0 Å². The molecule has 0 aromatic rings. The van der Waals surface area contributed by atoms with Crippen LogP contribution in [0.5, 0.6) is 0 Å². The molecule has 1 atom stereocenters. The van der Waals surface area contributed by atoms with E-state index in [1.54, 1.807) is 0 Å². The molecule has 0 rings (SSSR count). The number of rotatable bonds is 12. The molecule has 0 aliphatic rings. The summed E-state index contributed by atoms with van der Waals surface area (Å²) >= 11 is 0. The van der Waals surface area contributed by atoms with Crippen molar-refractivity contribution in [2.24, 2.45) is 5.92 Å². The maximum Gasteiger partial charge on any atom is 0.436 e. The molecule has 28 heavy (non-hydrogen) atoms. The lowest BCUT2D eigenvalue weighted by Crippen LogP contribution is -2.57. The normalized spacial score (nSPS) is 14.6. The first-order chi connectivity index (χ1) is 12.7. The van der Waals surface area contributed by atoms with E-state index >= 15 is 0 Å². The summed E-state index contributed by atoms with van der Waals surface area (Å²) in [5.41, 5.74) is 3.02. The van der Waals surface area contributed by atoms with Gasteiger partial charge < -0.3 is 8.69 Å². The largest absolute Gasteiger partial charge is 0.453 e. The Balaban J connectivity index is 6.24. The van der Waals surface area contributed by atoms with Crippen molar-refractivity contribution in [3.8, 4) is 6.07 Å². The van der Waals surface area contributed by atoms with E-state index in [2.05, 4.69) is 89.2 Å². The summed E-state index contributed by atoms with van der Waals surface area (Å²) in [6, 6.07) is 2.41. The monoisotopic (exact) mass is 425 g/mol. The van der Waals surface area contributed by atoms with Gasteiger partial charge in [-0.3, -0.25) is 0 Å². The zero-order valence-corrected chi connectivity index (χ0v) is 23.1. The molecule has 0 aromatic carbocycles. The first kappa shape index (κ1) is 27.9. The van der Waals surface area contributed by atoms with Gasteiger partial charge in [-0.1, -0.05) is 83.1 Å². The second kappa shape index (κ2) is 11.3. The molecule has 0 radical (unpaired) electrons. The third-order valence-corrected chi connectivity index (χ3v) is 19.0. The quantitative estimate of drug-likeness (QED) is 0.297. The molecule has 0 aromatic heterocycles. The van der Waals surface area contributed by atoms with E-state index in [0.717, 1.165) is 0 Å². The van der Waals surface area contributed by atoms with E-state index in [0.29, 0.717) is 39.6 Å². The van der Waals surface area contributed by atoms with Gasteiger partial charge in [0.15, 0.2) is 16.6 Å². The fourth-order valence-corrected chi connectivity index (χ4v) is 16.7. The fourth-order valence-electron chi connectivity index (χ4n) is 5.73. The summed E-state index contributed by atoms with van der Waals surface area (Å²) in [7, 11) is -4.44. The van der Waals surface area contributed by atoms with E-state index in [1.165, 1.54) is 0 Å². The lowest BCUT2D eigenvalue weighted by molar-refractivity contribution is 0.359. The second-order valence-corrected chi connectivity index (χ2v) is 21.4. The summed E-state index contributed by atoms with van der Waals surface area (Å²) in [5.74, 6) is -0.0682. The molecular weight excluding hydrogens is 377 g/mol. The van der Waals surface area contributed by atoms with Crippen LogP contribution in [0.4, 0.5) is 0 Å². The maximum atomic E-state index is 9.50. The molecule has 0 amide bonds. The molecule has 0 fully saturated rings. The minimum Gasteiger partial charge on any atom is -0.453 e. The summed E-state index contributed by atoms with van der Waals surface area (Å²) in [5, 5.41) is 9.50. The van der Waals surface area contributed by atoms with Gasteiger partial charge in [-0.15, -0.1) is 0 Å². The van der Waals surface area contributed by atoms with Crippen molar-refractivity contribution in [3.63, 3.8) is 0 Å². The summed E-state index contributed by atoms with van der Waals surface area (Å²) in [4.78, 5) is 0. The molecule has 0 spiro atoms. The first-order valence-electron chi connectivity index (χ1n) is 11.4. The van der Waals surface area contributed by atoms with Gasteiger partial charge in [-0.2, -0.15) is 5.26 Å². The molecule has 0 bridgehead atoms. The number of hydrogen-bond acceptors (Lipinski definition) is 3. The van der Waals surface area contributed by atoms with Gasteiger partial charge in [-0.05, 0) is 46.5 Å². The van der Waals surface area contributed by atoms with Crippen molar-refractivity contribution in [3.05, 3.63) is 0 Å². The van der Waals surface area contributed by atoms with Crippen molar-refractivity contribution < 1.29 is 8.69 Å². The van der Waals surface area contributed by atoms with Crippen molar-refractivity contribution in [2.75, 3.05) is 0 Å². The third-order valence-electron chi connectivity index (χ3n) is 6.85. The minimum atomic E-state index is -2.09. The highest BCUT2D eigenvalue weighted by atomic mass is 28.4. The molecule has 3 nitrogen and oxygen atoms in total. The van der Waals surface area contributed by atoms with Crippen LogP contribution < -0.4 is 0 Å². The average molecular weight is 426 g/mol. The number of nitrogens with zero attached hydrogens (tertiary/aromatic N) is 1. The second-order valence-electron chi connectivity index (χ2n) is 10.6. The van der Waals surface area contributed by atoms with Gasteiger partial charge in [-0.25, -0.2) is 0 Å². The Morgan fingerprint density at radius 2 is 0.857 bits per heavy atom. The van der Waals surface area contributed by atoms with Crippen LogP contribution in [0.25, 0.3) is 0 Å². The Bertz CT molecular complexity index is 424. The number of hydrogen-bond donors (Lipinski definition) is 0. The molecular formula is C22H48BNO2Si2. The molecule has 6 heteroatoms. The van der Waals surface area contributed by atoms with Gasteiger partial charge in [0.05, 0.1) is 6.07 Å². The molecule has 0 heterocycles. The SMILES string of the molecule is CC(C#N)CB(O[Si](C(C)C)(C(C)C)C(C)C)O[Si](C(C)C)(C(C)C)C(C)C. The zero-order chi connectivity index (χ0) is 22.4. The van der Waals surface area contributed by atoms with Crippen molar-refractivity contribution in [1.29, 1.82) is 5.26 Å². The van der Waals surface area contributed by atoms with Crippen LogP contribution in [-0.2, 0) is 8.69 Å². The lowest BCUT2D eigenvalue weighted by Gasteiger charge is -2.49. The van der Waals surface area contributed by atoms with Crippen LogP contribution in [0.15, 0.2) is 0 Å². The van der Waals surface area contributed by atoms with E-state index in [9.17, 15) is 5.26 Å². The Hall–Kier alpha value is -0.0913. The standard InChI is InChI=1S/C22H48BNO2Si2/c1-16(2)27(17(3)4,18(5)6)25-23(14-22(13)15-24)26-28(19(7)8,20(9)10)21(11)12/h16-22H,14H2,1-13H3. The van der Waals surface area contributed by atoms with Crippen LogP contribution >= 0.6 is 0 Å². The highest BCUT2D eigenvalue weighted by Gasteiger charge is 2.52.